The maximum absolute atomic E-state index is 5.79. The number of ether oxygens (including phenoxy) is 1. The largest absolute Gasteiger partial charge is 0.384 e. The number of nitrogens with zero attached hydrogens (tertiary/aromatic N) is 2. The van der Waals surface area contributed by atoms with Gasteiger partial charge in [0, 0.05) is 18.7 Å². The lowest BCUT2D eigenvalue weighted by Crippen LogP contribution is -2.17. The van der Waals surface area contributed by atoms with Crippen LogP contribution in [0, 0.1) is 5.92 Å². The van der Waals surface area contributed by atoms with Crippen molar-refractivity contribution in [1.82, 2.24) is 9.97 Å². The molecule has 1 aliphatic carbocycles. The van der Waals surface area contributed by atoms with Gasteiger partial charge in [-0.1, -0.05) is 6.92 Å². The Labute approximate surface area is 108 Å². The molecule has 0 bridgehead atoms. The van der Waals surface area contributed by atoms with Gasteiger partial charge in [-0.15, -0.1) is 0 Å². The molecule has 2 unspecified atom stereocenters. The minimum Gasteiger partial charge on any atom is -0.384 e. The highest BCUT2D eigenvalue weighted by atomic mass is 16.5. The molecule has 1 heterocycles. The van der Waals surface area contributed by atoms with E-state index in [1.807, 2.05) is 6.92 Å². The Morgan fingerprint density at radius 1 is 1.44 bits per heavy atom. The molecular weight excluding hydrogens is 228 g/mol. The molecule has 1 fully saturated rings. The van der Waals surface area contributed by atoms with Gasteiger partial charge in [-0.25, -0.2) is 9.97 Å². The van der Waals surface area contributed by atoms with Crippen LogP contribution in [0.25, 0.3) is 0 Å². The first-order chi connectivity index (χ1) is 8.67. The van der Waals surface area contributed by atoms with Crippen LogP contribution in [0.3, 0.4) is 0 Å². The molecule has 1 aromatic rings. The van der Waals surface area contributed by atoms with Crippen LogP contribution in [0.1, 0.15) is 38.9 Å². The topological polar surface area (TPSA) is 73.1 Å². The molecule has 18 heavy (non-hydrogen) atoms. The molecule has 1 aromatic heterocycles. The van der Waals surface area contributed by atoms with Crippen molar-refractivity contribution >= 4 is 11.6 Å². The summed E-state index contributed by atoms with van der Waals surface area (Å²) in [6, 6.07) is 2.30. The molecule has 5 nitrogen and oxygen atoms in total. The first kappa shape index (κ1) is 13.1. The number of hydrogen-bond donors (Lipinski definition) is 2. The van der Waals surface area contributed by atoms with Crippen molar-refractivity contribution in [2.75, 3.05) is 17.7 Å². The zero-order chi connectivity index (χ0) is 13.0. The minimum absolute atomic E-state index is 0.414. The Morgan fingerprint density at radius 2 is 2.28 bits per heavy atom. The van der Waals surface area contributed by atoms with Gasteiger partial charge in [-0.3, -0.25) is 0 Å². The number of anilines is 2. The average Bonchev–Trinajstić information content (AvgIpc) is 2.71. The summed E-state index contributed by atoms with van der Waals surface area (Å²) in [7, 11) is 0. The number of nitrogens with two attached hydrogens (primary N) is 1. The van der Waals surface area contributed by atoms with Crippen LogP contribution in [0.15, 0.2) is 6.07 Å². The lowest BCUT2D eigenvalue weighted by molar-refractivity contribution is 0.128. The fraction of sp³-hybridized carbons (Fsp3) is 0.692. The summed E-state index contributed by atoms with van der Waals surface area (Å²) in [4.78, 5) is 8.59. The summed E-state index contributed by atoms with van der Waals surface area (Å²) in [6.07, 6.45) is 3.68. The second-order valence-electron chi connectivity index (χ2n) is 4.99. The van der Waals surface area contributed by atoms with E-state index in [0.29, 0.717) is 30.9 Å². The Morgan fingerprint density at radius 3 is 2.94 bits per heavy atom. The van der Waals surface area contributed by atoms with Gasteiger partial charge in [0.05, 0.1) is 0 Å². The summed E-state index contributed by atoms with van der Waals surface area (Å²) >= 11 is 0. The summed E-state index contributed by atoms with van der Waals surface area (Å²) in [5.74, 6) is 2.75. The van der Waals surface area contributed by atoms with Crippen LogP contribution in [-0.4, -0.2) is 22.6 Å². The van der Waals surface area contributed by atoms with Gasteiger partial charge >= 0.3 is 0 Å². The van der Waals surface area contributed by atoms with Gasteiger partial charge in [0.15, 0.2) is 5.82 Å². The van der Waals surface area contributed by atoms with Crippen LogP contribution in [0.2, 0.25) is 0 Å². The minimum atomic E-state index is 0.414. The molecule has 5 heteroatoms. The standard InChI is InChI=1S/C13H22N4O/c1-3-18-8-13-16-11(14)7-12(17-13)15-10-5-4-9(2)6-10/h7,9-10H,3-6,8H2,1-2H3,(H3,14,15,16,17). The van der Waals surface area contributed by atoms with Crippen molar-refractivity contribution in [1.29, 1.82) is 0 Å². The number of hydrogen-bond acceptors (Lipinski definition) is 5. The molecule has 1 saturated carbocycles. The lowest BCUT2D eigenvalue weighted by atomic mass is 10.1. The van der Waals surface area contributed by atoms with Crippen LogP contribution < -0.4 is 11.1 Å². The maximum atomic E-state index is 5.79. The molecule has 0 spiro atoms. The van der Waals surface area contributed by atoms with E-state index >= 15 is 0 Å². The number of aromatic nitrogens is 2. The van der Waals surface area contributed by atoms with Crippen molar-refractivity contribution in [3.8, 4) is 0 Å². The Bertz CT molecular complexity index is 397. The van der Waals surface area contributed by atoms with E-state index in [2.05, 4.69) is 22.2 Å². The summed E-state index contributed by atoms with van der Waals surface area (Å²) in [5.41, 5.74) is 5.79. The van der Waals surface area contributed by atoms with E-state index in [1.165, 1.54) is 19.3 Å². The smallest absolute Gasteiger partial charge is 0.158 e. The van der Waals surface area contributed by atoms with Crippen LogP contribution in [0.5, 0.6) is 0 Å². The molecule has 1 aliphatic rings. The normalized spacial score (nSPS) is 23.2. The number of rotatable bonds is 5. The van der Waals surface area contributed by atoms with Crippen LogP contribution >= 0.6 is 0 Å². The number of nitrogens with one attached hydrogen (secondary N) is 1. The van der Waals surface area contributed by atoms with E-state index < -0.39 is 0 Å². The molecule has 0 aliphatic heterocycles. The predicted octanol–water partition coefficient (Wildman–Crippen LogP) is 2.20. The molecular formula is C13H22N4O. The van der Waals surface area contributed by atoms with E-state index in [0.717, 1.165) is 11.7 Å². The first-order valence-electron chi connectivity index (χ1n) is 6.65. The molecule has 0 amide bonds. The van der Waals surface area contributed by atoms with Crippen molar-refractivity contribution < 1.29 is 4.74 Å². The number of nitrogen functional groups attached to an aromatic ring is 1. The average molecular weight is 250 g/mol. The molecule has 0 aromatic carbocycles. The molecule has 0 radical (unpaired) electrons. The third-order valence-corrected chi connectivity index (χ3v) is 3.27. The highest BCUT2D eigenvalue weighted by Gasteiger charge is 2.21. The zero-order valence-corrected chi connectivity index (χ0v) is 11.1. The summed E-state index contributed by atoms with van der Waals surface area (Å²) in [6.45, 7) is 5.31. The third kappa shape index (κ3) is 3.57. The van der Waals surface area contributed by atoms with Gasteiger partial charge in [0.25, 0.3) is 0 Å². The molecule has 2 rings (SSSR count). The Kier molecular flexibility index (Phi) is 4.36. The Hall–Kier alpha value is -1.36. The van der Waals surface area contributed by atoms with Gasteiger partial charge in [-0.2, -0.15) is 0 Å². The first-order valence-corrected chi connectivity index (χ1v) is 6.65. The summed E-state index contributed by atoms with van der Waals surface area (Å²) in [5, 5.41) is 3.44. The second kappa shape index (κ2) is 6.00. The van der Waals surface area contributed by atoms with Gasteiger partial charge in [-0.05, 0) is 32.1 Å². The van der Waals surface area contributed by atoms with E-state index in [1.54, 1.807) is 6.07 Å². The third-order valence-electron chi connectivity index (χ3n) is 3.27. The zero-order valence-electron chi connectivity index (χ0n) is 11.1. The van der Waals surface area contributed by atoms with E-state index in [-0.39, 0.29) is 0 Å². The van der Waals surface area contributed by atoms with Crippen molar-refractivity contribution in [3.63, 3.8) is 0 Å². The van der Waals surface area contributed by atoms with Gasteiger partial charge in [0.2, 0.25) is 0 Å². The van der Waals surface area contributed by atoms with Crippen molar-refractivity contribution in [3.05, 3.63) is 11.9 Å². The highest BCUT2D eigenvalue weighted by molar-refractivity contribution is 5.45. The van der Waals surface area contributed by atoms with Gasteiger partial charge in [0.1, 0.15) is 18.2 Å². The lowest BCUT2D eigenvalue weighted by Gasteiger charge is -2.14. The van der Waals surface area contributed by atoms with Crippen molar-refractivity contribution in [2.45, 2.75) is 45.8 Å². The second-order valence-corrected chi connectivity index (χ2v) is 4.99. The maximum Gasteiger partial charge on any atom is 0.158 e. The van der Waals surface area contributed by atoms with Crippen LogP contribution in [-0.2, 0) is 11.3 Å². The fourth-order valence-corrected chi connectivity index (χ4v) is 2.40. The Balaban J connectivity index is 2.00. The quantitative estimate of drug-likeness (QED) is 0.838. The molecule has 3 N–H and O–H groups in total. The van der Waals surface area contributed by atoms with Crippen molar-refractivity contribution in [2.24, 2.45) is 5.92 Å². The fourth-order valence-electron chi connectivity index (χ4n) is 2.40. The highest BCUT2D eigenvalue weighted by Crippen LogP contribution is 2.27. The predicted molar refractivity (Wildman–Crippen MR) is 72.2 cm³/mol. The molecule has 0 saturated heterocycles. The SMILES string of the molecule is CCOCc1nc(N)cc(NC2CCC(C)C2)n1. The van der Waals surface area contributed by atoms with E-state index in [4.69, 9.17) is 10.5 Å². The van der Waals surface area contributed by atoms with Gasteiger partial charge < -0.3 is 15.8 Å². The monoisotopic (exact) mass is 250 g/mol. The van der Waals surface area contributed by atoms with Crippen LogP contribution in [0.4, 0.5) is 11.6 Å². The van der Waals surface area contributed by atoms with E-state index in [9.17, 15) is 0 Å². The molecule has 2 atom stereocenters. The summed E-state index contributed by atoms with van der Waals surface area (Å²) < 4.78 is 5.31. The molecule has 100 valence electrons.